The molecule has 4 heteroatoms. The fourth-order valence-corrected chi connectivity index (χ4v) is 4.64. The Bertz CT molecular complexity index is 1050. The van der Waals surface area contributed by atoms with E-state index in [2.05, 4.69) is 24.3 Å². The molecule has 5 rings (SSSR count). The van der Waals surface area contributed by atoms with E-state index in [1.807, 2.05) is 36.4 Å². The van der Waals surface area contributed by atoms with E-state index >= 15 is 0 Å². The minimum absolute atomic E-state index is 0.347. The van der Waals surface area contributed by atoms with E-state index in [0.717, 1.165) is 41.1 Å². The van der Waals surface area contributed by atoms with Crippen molar-refractivity contribution in [2.24, 2.45) is 5.10 Å². The zero-order chi connectivity index (χ0) is 19.8. The summed E-state index contributed by atoms with van der Waals surface area (Å²) < 4.78 is 0. The normalized spacial score (nSPS) is 19.0. The molecule has 142 valence electrons. The smallest absolute Gasteiger partial charge is 0.267 e. The number of carbonyl (C=O) groups is 2. The fourth-order valence-electron chi connectivity index (χ4n) is 4.64. The van der Waals surface area contributed by atoms with E-state index in [1.165, 1.54) is 0 Å². The molecule has 0 N–H and O–H groups in total. The van der Waals surface area contributed by atoms with Crippen molar-refractivity contribution in [3.63, 3.8) is 0 Å². The molecule has 1 saturated carbocycles. The molecule has 0 spiro atoms. The van der Waals surface area contributed by atoms with Gasteiger partial charge >= 0.3 is 0 Å². The molecule has 1 aliphatic carbocycles. The van der Waals surface area contributed by atoms with Crippen LogP contribution in [-0.4, -0.2) is 22.5 Å². The number of hydrogen-bond acceptors (Lipinski definition) is 3. The second-order valence-corrected chi connectivity index (χ2v) is 7.51. The average molecular weight is 380 g/mol. The van der Waals surface area contributed by atoms with Crippen LogP contribution in [0.1, 0.15) is 51.1 Å². The summed E-state index contributed by atoms with van der Waals surface area (Å²) in [5.41, 5.74) is 3.55. The maximum atomic E-state index is 12.9. The molecule has 0 radical (unpaired) electrons. The summed E-state index contributed by atoms with van der Waals surface area (Å²) in [6, 6.07) is 27.4. The zero-order valence-electron chi connectivity index (χ0n) is 15.9. The summed E-state index contributed by atoms with van der Waals surface area (Å²) >= 11 is 0. The summed E-state index contributed by atoms with van der Waals surface area (Å²) in [5.74, 6) is -0.694. The number of hydrogen-bond donors (Lipinski definition) is 0. The van der Waals surface area contributed by atoms with Crippen LogP contribution in [-0.2, 0) is 5.41 Å². The van der Waals surface area contributed by atoms with Crippen LogP contribution in [0.15, 0.2) is 90.0 Å². The molecule has 1 heterocycles. The first kappa shape index (κ1) is 17.6. The zero-order valence-corrected chi connectivity index (χ0v) is 15.9. The van der Waals surface area contributed by atoms with Crippen molar-refractivity contribution in [1.29, 1.82) is 0 Å². The molecule has 29 heavy (non-hydrogen) atoms. The number of nitrogens with zero attached hydrogens (tertiary/aromatic N) is 2. The van der Waals surface area contributed by atoms with Crippen LogP contribution in [0.2, 0.25) is 0 Å². The quantitative estimate of drug-likeness (QED) is 0.612. The van der Waals surface area contributed by atoms with Crippen molar-refractivity contribution in [2.45, 2.75) is 24.7 Å². The molecule has 0 saturated heterocycles. The Morgan fingerprint density at radius 1 is 0.690 bits per heavy atom. The van der Waals surface area contributed by atoms with E-state index in [1.54, 1.807) is 24.3 Å². The highest BCUT2D eigenvalue weighted by atomic mass is 16.2. The van der Waals surface area contributed by atoms with Gasteiger partial charge in [-0.1, -0.05) is 72.8 Å². The predicted octanol–water partition coefficient (Wildman–Crippen LogP) is 4.81. The van der Waals surface area contributed by atoms with Gasteiger partial charge in [0.05, 0.1) is 22.3 Å². The van der Waals surface area contributed by atoms with Gasteiger partial charge in [-0.2, -0.15) is 10.1 Å². The molecule has 4 nitrogen and oxygen atoms in total. The van der Waals surface area contributed by atoms with Gasteiger partial charge < -0.3 is 0 Å². The van der Waals surface area contributed by atoms with Gasteiger partial charge in [0.1, 0.15) is 0 Å². The third kappa shape index (κ3) is 2.64. The third-order valence-corrected chi connectivity index (χ3v) is 5.98. The Hall–Kier alpha value is -3.53. The lowest BCUT2D eigenvalue weighted by Crippen LogP contribution is -2.36. The Kier molecular flexibility index (Phi) is 4.13. The summed E-state index contributed by atoms with van der Waals surface area (Å²) in [4.78, 5) is 25.8. The monoisotopic (exact) mass is 380 g/mol. The van der Waals surface area contributed by atoms with Gasteiger partial charge in [-0.25, -0.2) is 0 Å². The van der Waals surface area contributed by atoms with E-state index < -0.39 is 5.41 Å². The topological polar surface area (TPSA) is 49.7 Å². The van der Waals surface area contributed by atoms with Crippen LogP contribution in [0.5, 0.6) is 0 Å². The summed E-state index contributed by atoms with van der Waals surface area (Å²) in [6.07, 6.45) is 2.59. The van der Waals surface area contributed by atoms with Crippen molar-refractivity contribution in [3.8, 4) is 0 Å². The lowest BCUT2D eigenvalue weighted by molar-refractivity contribution is 0.0657. The van der Waals surface area contributed by atoms with Crippen LogP contribution in [0.25, 0.3) is 0 Å². The molecular formula is C25H20N2O2. The number of rotatable bonds is 3. The molecule has 1 fully saturated rings. The molecule has 1 aliphatic heterocycles. The van der Waals surface area contributed by atoms with Gasteiger partial charge in [0.2, 0.25) is 0 Å². The van der Waals surface area contributed by atoms with E-state index in [0.29, 0.717) is 11.1 Å². The minimum atomic E-state index is -0.433. The average Bonchev–Trinajstić information content (AvgIpc) is 3.31. The van der Waals surface area contributed by atoms with Crippen molar-refractivity contribution in [1.82, 2.24) is 5.01 Å². The van der Waals surface area contributed by atoms with Crippen LogP contribution >= 0.6 is 0 Å². The van der Waals surface area contributed by atoms with Gasteiger partial charge in [-0.05, 0) is 42.5 Å². The highest BCUT2D eigenvalue weighted by Gasteiger charge is 2.45. The molecule has 0 aromatic heterocycles. The van der Waals surface area contributed by atoms with E-state index in [-0.39, 0.29) is 11.8 Å². The molecule has 3 aromatic rings. The van der Waals surface area contributed by atoms with Crippen LogP contribution < -0.4 is 0 Å². The number of fused-ring (bicyclic) bond motifs is 1. The molecule has 0 bridgehead atoms. The highest BCUT2D eigenvalue weighted by Crippen LogP contribution is 2.45. The second kappa shape index (κ2) is 6.82. The third-order valence-electron chi connectivity index (χ3n) is 5.98. The Morgan fingerprint density at radius 3 is 1.69 bits per heavy atom. The van der Waals surface area contributed by atoms with Gasteiger partial charge in [0, 0.05) is 0 Å². The lowest BCUT2D eigenvalue weighted by Gasteiger charge is -2.32. The van der Waals surface area contributed by atoms with Crippen molar-refractivity contribution in [3.05, 3.63) is 107 Å². The van der Waals surface area contributed by atoms with E-state index in [4.69, 9.17) is 5.10 Å². The largest absolute Gasteiger partial charge is 0.282 e. The van der Waals surface area contributed by atoms with Crippen molar-refractivity contribution >= 4 is 17.5 Å². The molecule has 3 aromatic carbocycles. The maximum Gasteiger partial charge on any atom is 0.282 e. The Balaban J connectivity index is 1.66. The Morgan fingerprint density at radius 2 is 1.17 bits per heavy atom. The minimum Gasteiger partial charge on any atom is -0.267 e. The summed E-state index contributed by atoms with van der Waals surface area (Å²) in [7, 11) is 0. The number of hydrazone groups is 1. The number of benzene rings is 3. The van der Waals surface area contributed by atoms with Crippen LogP contribution in [0.4, 0.5) is 0 Å². The van der Waals surface area contributed by atoms with Gasteiger partial charge in [-0.3, -0.25) is 9.59 Å². The summed E-state index contributed by atoms with van der Waals surface area (Å²) in [6.45, 7) is 0. The second-order valence-electron chi connectivity index (χ2n) is 7.51. The van der Waals surface area contributed by atoms with Gasteiger partial charge in [0.25, 0.3) is 11.8 Å². The summed E-state index contributed by atoms with van der Waals surface area (Å²) in [5, 5.41) is 5.77. The Labute approximate surface area is 169 Å². The molecule has 0 unspecified atom stereocenters. The van der Waals surface area contributed by atoms with Crippen molar-refractivity contribution in [2.75, 3.05) is 0 Å². The fraction of sp³-hybridized carbons (Fsp3) is 0.160. The van der Waals surface area contributed by atoms with Gasteiger partial charge in [-0.15, -0.1) is 0 Å². The number of amides is 2. The SMILES string of the molecule is O=C1c2ccccc2C(=O)N1N=C1CCCC1(c1ccccc1)c1ccccc1. The number of carbonyl (C=O) groups excluding carboxylic acids is 2. The van der Waals surface area contributed by atoms with E-state index in [9.17, 15) is 9.59 Å². The molecule has 0 atom stereocenters. The van der Waals surface area contributed by atoms with Crippen molar-refractivity contribution < 1.29 is 9.59 Å². The van der Waals surface area contributed by atoms with Crippen LogP contribution in [0.3, 0.4) is 0 Å². The number of imide groups is 1. The first-order valence-corrected chi connectivity index (χ1v) is 9.88. The molecular weight excluding hydrogens is 360 g/mol. The standard InChI is InChI=1S/C25H20N2O2/c28-23-20-14-7-8-15-21(20)24(29)27(23)26-22-16-9-17-25(22,18-10-3-1-4-11-18)19-12-5-2-6-13-19/h1-8,10-15H,9,16-17H2. The maximum absolute atomic E-state index is 12.9. The molecule has 2 aliphatic rings. The first-order chi connectivity index (χ1) is 14.2. The van der Waals surface area contributed by atoms with Gasteiger partial charge in [0.15, 0.2) is 0 Å². The molecule has 2 amide bonds. The van der Waals surface area contributed by atoms with Crippen LogP contribution in [0, 0.1) is 0 Å². The lowest BCUT2D eigenvalue weighted by atomic mass is 9.72. The highest BCUT2D eigenvalue weighted by molar-refractivity contribution is 6.21. The predicted molar refractivity (Wildman–Crippen MR) is 112 cm³/mol. The first-order valence-electron chi connectivity index (χ1n) is 9.88.